The normalized spacial score (nSPS) is 15.0. The Bertz CT molecular complexity index is 416. The van der Waals surface area contributed by atoms with Crippen LogP contribution in [0.3, 0.4) is 0 Å². The number of benzene rings is 1. The molecule has 2 rings (SSSR count). The number of carbonyl (C=O) groups is 1. The Balaban J connectivity index is 2.00. The van der Waals surface area contributed by atoms with Crippen LogP contribution in [0, 0.1) is 0 Å². The third kappa shape index (κ3) is 2.52. The molecule has 0 atom stereocenters. The zero-order valence-corrected chi connectivity index (χ0v) is 9.86. The lowest BCUT2D eigenvalue weighted by atomic mass is 10.3. The van der Waals surface area contributed by atoms with Crippen molar-refractivity contribution in [3.63, 3.8) is 0 Å². The molecule has 16 heavy (non-hydrogen) atoms. The Kier molecular flexibility index (Phi) is 3.11. The van der Waals surface area contributed by atoms with E-state index in [1.165, 1.54) is 13.0 Å². The summed E-state index contributed by atoms with van der Waals surface area (Å²) in [6.45, 7) is 3.16. The van der Waals surface area contributed by atoms with Gasteiger partial charge < -0.3 is 13.6 Å². The molecule has 0 spiro atoms. The van der Waals surface area contributed by atoms with E-state index >= 15 is 0 Å². The molecule has 1 aliphatic rings. The fraction of sp³-hybridized carbons (Fsp3) is 0.182. The van der Waals surface area contributed by atoms with E-state index in [-0.39, 0.29) is 5.78 Å². The first-order valence-electron chi connectivity index (χ1n) is 4.77. The maximum absolute atomic E-state index is 10.8. The van der Waals surface area contributed by atoms with Crippen molar-refractivity contribution in [3.8, 4) is 11.5 Å². The highest BCUT2D eigenvalue weighted by Gasteiger charge is 2.29. The summed E-state index contributed by atoms with van der Waals surface area (Å²) in [6.07, 6.45) is 1.40. The minimum absolute atomic E-state index is 0.0655. The largest absolute Gasteiger partial charge is 0.530 e. The summed E-state index contributed by atoms with van der Waals surface area (Å²) >= 11 is 0. The molecule has 1 aromatic carbocycles. The van der Waals surface area contributed by atoms with Crippen LogP contribution in [-0.4, -0.2) is 5.78 Å². The summed E-state index contributed by atoms with van der Waals surface area (Å²) in [4.78, 5) is 10.8. The molecule has 84 valence electrons. The lowest BCUT2D eigenvalue weighted by Crippen LogP contribution is -1.93. The summed E-state index contributed by atoms with van der Waals surface area (Å²) < 4.78 is 16.2. The van der Waals surface area contributed by atoms with Crippen LogP contribution in [0.5, 0.6) is 11.5 Å². The van der Waals surface area contributed by atoms with Gasteiger partial charge in [-0.15, -0.1) is 0 Å². The van der Waals surface area contributed by atoms with Crippen molar-refractivity contribution in [2.45, 2.75) is 13.8 Å². The molecule has 0 fully saturated rings. The third-order valence-electron chi connectivity index (χ3n) is 1.82. The van der Waals surface area contributed by atoms with E-state index in [4.69, 9.17) is 13.6 Å². The lowest BCUT2D eigenvalue weighted by Gasteiger charge is -2.08. The van der Waals surface area contributed by atoms with Gasteiger partial charge in [0.25, 0.3) is 0 Å². The molecule has 5 heteroatoms. The average molecular weight is 238 g/mol. The van der Waals surface area contributed by atoms with Gasteiger partial charge in [-0.1, -0.05) is 12.1 Å². The molecule has 0 unspecified atom stereocenters. The predicted octanol–water partition coefficient (Wildman–Crippen LogP) is 3.19. The Labute approximate surface area is 94.8 Å². The zero-order chi connectivity index (χ0) is 11.5. The average Bonchev–Trinajstić information content (AvgIpc) is 2.57. The van der Waals surface area contributed by atoms with E-state index in [2.05, 4.69) is 0 Å². The molecule has 0 radical (unpaired) electrons. The highest BCUT2D eigenvalue weighted by atomic mass is 31.2. The predicted molar refractivity (Wildman–Crippen MR) is 60.1 cm³/mol. The lowest BCUT2D eigenvalue weighted by molar-refractivity contribution is -0.112. The van der Waals surface area contributed by atoms with Gasteiger partial charge in [0, 0.05) is 6.08 Å². The third-order valence-corrected chi connectivity index (χ3v) is 2.95. The van der Waals surface area contributed by atoms with Gasteiger partial charge in [-0.25, -0.2) is 0 Å². The van der Waals surface area contributed by atoms with E-state index in [1.54, 1.807) is 6.92 Å². The van der Waals surface area contributed by atoms with E-state index in [0.29, 0.717) is 17.3 Å². The van der Waals surface area contributed by atoms with Crippen LogP contribution in [0.15, 0.2) is 36.1 Å². The van der Waals surface area contributed by atoms with Crippen LogP contribution in [-0.2, 0) is 9.32 Å². The van der Waals surface area contributed by atoms with Crippen molar-refractivity contribution in [1.29, 1.82) is 0 Å². The highest BCUT2D eigenvalue weighted by molar-refractivity contribution is 7.43. The number of fused-ring (bicyclic) bond motifs is 1. The van der Waals surface area contributed by atoms with Crippen molar-refractivity contribution in [1.82, 2.24) is 0 Å². The van der Waals surface area contributed by atoms with Crippen LogP contribution in [0.4, 0.5) is 0 Å². The summed E-state index contributed by atoms with van der Waals surface area (Å²) in [5.41, 5.74) is 0. The number of carbonyl (C=O) groups excluding carboxylic acids is 1. The molecule has 0 aliphatic carbocycles. The SMILES string of the molecule is CC(=O)/C=C(/C)OP1Oc2ccccc2O1. The van der Waals surface area contributed by atoms with Crippen molar-refractivity contribution in [3.05, 3.63) is 36.1 Å². The first-order valence-corrected chi connectivity index (χ1v) is 5.86. The van der Waals surface area contributed by atoms with Crippen LogP contribution in [0.2, 0.25) is 0 Å². The Morgan fingerprint density at radius 1 is 1.25 bits per heavy atom. The Morgan fingerprint density at radius 3 is 2.31 bits per heavy atom. The number of ketones is 1. The van der Waals surface area contributed by atoms with Crippen molar-refractivity contribution in [2.24, 2.45) is 0 Å². The van der Waals surface area contributed by atoms with Gasteiger partial charge in [0.1, 0.15) is 5.76 Å². The van der Waals surface area contributed by atoms with E-state index in [1.807, 2.05) is 24.3 Å². The number of hydrogen-bond donors (Lipinski definition) is 0. The number of rotatable bonds is 3. The van der Waals surface area contributed by atoms with Crippen molar-refractivity contribution in [2.75, 3.05) is 0 Å². The van der Waals surface area contributed by atoms with Crippen LogP contribution in [0.25, 0.3) is 0 Å². The van der Waals surface area contributed by atoms with Crippen LogP contribution in [0.1, 0.15) is 13.8 Å². The van der Waals surface area contributed by atoms with Crippen molar-refractivity contribution >= 4 is 14.4 Å². The Hall–Kier alpha value is -1.54. The number of allylic oxidation sites excluding steroid dienone is 2. The molecule has 0 N–H and O–H groups in total. The standard InChI is InChI=1S/C11H11O4P/c1-8(12)7-9(2)13-16-14-10-5-3-4-6-11(10)15-16/h3-7H,1-2H3/b9-7-. The van der Waals surface area contributed by atoms with Gasteiger partial charge in [-0.2, -0.15) is 0 Å². The molecule has 0 saturated carbocycles. The van der Waals surface area contributed by atoms with E-state index < -0.39 is 8.60 Å². The quantitative estimate of drug-likeness (QED) is 0.461. The summed E-state index contributed by atoms with van der Waals surface area (Å²) in [5.74, 6) is 1.77. The smallest absolute Gasteiger partial charge is 0.413 e. The Morgan fingerprint density at radius 2 is 1.81 bits per heavy atom. The fourth-order valence-electron chi connectivity index (χ4n) is 1.25. The minimum Gasteiger partial charge on any atom is -0.413 e. The van der Waals surface area contributed by atoms with E-state index in [0.717, 1.165) is 0 Å². The minimum atomic E-state index is -1.46. The van der Waals surface area contributed by atoms with E-state index in [9.17, 15) is 4.79 Å². The van der Waals surface area contributed by atoms with Crippen LogP contribution >= 0.6 is 8.60 Å². The molecule has 0 saturated heterocycles. The summed E-state index contributed by atoms with van der Waals surface area (Å²) in [7, 11) is -1.46. The topological polar surface area (TPSA) is 44.8 Å². The number of hydrogen-bond acceptors (Lipinski definition) is 4. The monoisotopic (exact) mass is 238 g/mol. The maximum atomic E-state index is 10.8. The van der Waals surface area contributed by atoms with Gasteiger partial charge in [-0.3, -0.25) is 4.79 Å². The maximum Gasteiger partial charge on any atom is 0.530 e. The molecule has 1 aromatic rings. The molecular weight excluding hydrogens is 227 g/mol. The molecule has 1 heterocycles. The molecule has 0 aromatic heterocycles. The first kappa shape index (κ1) is 11.0. The number of para-hydroxylation sites is 2. The van der Waals surface area contributed by atoms with Gasteiger partial charge in [0.15, 0.2) is 17.3 Å². The molecule has 4 nitrogen and oxygen atoms in total. The fourth-order valence-corrected chi connectivity index (χ4v) is 2.27. The zero-order valence-electron chi connectivity index (χ0n) is 8.97. The molecule has 0 amide bonds. The van der Waals surface area contributed by atoms with Crippen LogP contribution < -0.4 is 9.05 Å². The first-order chi connectivity index (χ1) is 7.65. The second-order valence-corrected chi connectivity index (χ2v) is 4.30. The highest BCUT2D eigenvalue weighted by Crippen LogP contribution is 2.53. The van der Waals surface area contributed by atoms with Crippen molar-refractivity contribution < 1.29 is 18.4 Å². The van der Waals surface area contributed by atoms with Gasteiger partial charge in [-0.05, 0) is 26.0 Å². The molecular formula is C11H11O4P. The van der Waals surface area contributed by atoms with Gasteiger partial charge in [0.05, 0.1) is 0 Å². The summed E-state index contributed by atoms with van der Waals surface area (Å²) in [6, 6.07) is 7.34. The molecule has 1 aliphatic heterocycles. The van der Waals surface area contributed by atoms with Gasteiger partial charge in [0.2, 0.25) is 0 Å². The second kappa shape index (κ2) is 4.54. The molecule has 0 bridgehead atoms. The second-order valence-electron chi connectivity index (χ2n) is 3.31. The van der Waals surface area contributed by atoms with Gasteiger partial charge >= 0.3 is 8.60 Å². The summed E-state index contributed by atoms with van der Waals surface area (Å²) in [5, 5.41) is 0.